The van der Waals surface area contributed by atoms with Crippen molar-refractivity contribution < 1.29 is 0 Å². The van der Waals surface area contributed by atoms with E-state index < -0.39 is 0 Å². The van der Waals surface area contributed by atoms with Crippen molar-refractivity contribution in [3.63, 3.8) is 0 Å². The Balaban J connectivity index is 2.52. The summed E-state index contributed by atoms with van der Waals surface area (Å²) in [5.41, 5.74) is 5.73. The van der Waals surface area contributed by atoms with Crippen molar-refractivity contribution in [2.45, 2.75) is 32.2 Å². The van der Waals surface area contributed by atoms with Gasteiger partial charge in [0.25, 0.3) is 0 Å². The normalized spacial score (nSPS) is 27.8. The van der Waals surface area contributed by atoms with Crippen LogP contribution in [0.4, 0.5) is 0 Å². The first-order chi connectivity index (χ1) is 6.33. The van der Waals surface area contributed by atoms with Gasteiger partial charge in [0.05, 0.1) is 6.54 Å². The van der Waals surface area contributed by atoms with Crippen molar-refractivity contribution in [3.8, 4) is 12.3 Å². The van der Waals surface area contributed by atoms with Gasteiger partial charge in [0, 0.05) is 6.04 Å². The maximum absolute atomic E-state index is 5.73. The molecule has 0 bridgehead atoms. The number of hydrogen-bond acceptors (Lipinski definition) is 2. The number of rotatable bonds is 4. The first-order valence-electron chi connectivity index (χ1n) is 5.21. The van der Waals surface area contributed by atoms with E-state index in [1.807, 2.05) is 0 Å². The third kappa shape index (κ3) is 2.46. The molecule has 0 aliphatic heterocycles. The van der Waals surface area contributed by atoms with Gasteiger partial charge in [-0.25, -0.2) is 0 Å². The van der Waals surface area contributed by atoms with E-state index in [4.69, 9.17) is 12.2 Å². The average molecular weight is 180 g/mol. The van der Waals surface area contributed by atoms with Gasteiger partial charge in [-0.2, -0.15) is 0 Å². The topological polar surface area (TPSA) is 29.3 Å². The average Bonchev–Trinajstić information content (AvgIpc) is 2.61. The van der Waals surface area contributed by atoms with Crippen LogP contribution in [0.3, 0.4) is 0 Å². The lowest BCUT2D eigenvalue weighted by Gasteiger charge is -2.29. The molecule has 2 nitrogen and oxygen atoms in total. The van der Waals surface area contributed by atoms with Gasteiger partial charge in [0.1, 0.15) is 0 Å². The summed E-state index contributed by atoms with van der Waals surface area (Å²) < 4.78 is 0. The molecule has 0 radical (unpaired) electrons. The highest BCUT2D eigenvalue weighted by molar-refractivity contribution is 4.93. The molecule has 2 atom stereocenters. The molecule has 1 fully saturated rings. The lowest BCUT2D eigenvalue weighted by atomic mass is 10.0. The van der Waals surface area contributed by atoms with Crippen molar-refractivity contribution in [2.24, 2.45) is 11.7 Å². The van der Waals surface area contributed by atoms with Gasteiger partial charge in [0.15, 0.2) is 0 Å². The Morgan fingerprint density at radius 3 is 2.85 bits per heavy atom. The molecule has 0 spiro atoms. The monoisotopic (exact) mass is 180 g/mol. The molecule has 1 saturated carbocycles. The summed E-state index contributed by atoms with van der Waals surface area (Å²) in [6.45, 7) is 4.80. The van der Waals surface area contributed by atoms with Crippen molar-refractivity contribution in [1.82, 2.24) is 4.90 Å². The van der Waals surface area contributed by atoms with Crippen LogP contribution in [0.2, 0.25) is 0 Å². The van der Waals surface area contributed by atoms with Crippen molar-refractivity contribution in [3.05, 3.63) is 0 Å². The SMILES string of the molecule is C#CCN(CC)C1CCCC1CN. The minimum absolute atomic E-state index is 0.644. The molecule has 0 aromatic carbocycles. The molecule has 0 aromatic heterocycles. The van der Waals surface area contributed by atoms with Crippen LogP contribution >= 0.6 is 0 Å². The minimum Gasteiger partial charge on any atom is -0.330 e. The lowest BCUT2D eigenvalue weighted by Crippen LogP contribution is -2.40. The highest BCUT2D eigenvalue weighted by atomic mass is 15.2. The van der Waals surface area contributed by atoms with Gasteiger partial charge in [0.2, 0.25) is 0 Å². The highest BCUT2D eigenvalue weighted by Gasteiger charge is 2.29. The standard InChI is InChI=1S/C11H20N2/c1-3-8-13(4-2)11-7-5-6-10(11)9-12/h1,10-11H,4-9,12H2,2H3. The Morgan fingerprint density at radius 1 is 1.54 bits per heavy atom. The van der Waals surface area contributed by atoms with E-state index in [2.05, 4.69) is 17.7 Å². The summed E-state index contributed by atoms with van der Waals surface area (Å²) in [5.74, 6) is 3.40. The maximum Gasteiger partial charge on any atom is 0.0601 e. The van der Waals surface area contributed by atoms with Gasteiger partial charge in [-0.15, -0.1) is 6.42 Å². The smallest absolute Gasteiger partial charge is 0.0601 e. The summed E-state index contributed by atoms with van der Waals surface area (Å²) in [5, 5.41) is 0. The largest absolute Gasteiger partial charge is 0.330 e. The number of nitrogens with zero attached hydrogens (tertiary/aromatic N) is 1. The number of terminal acetylenes is 1. The molecule has 1 rings (SSSR count). The van der Waals surface area contributed by atoms with Crippen LogP contribution in [-0.4, -0.2) is 30.6 Å². The molecule has 0 saturated heterocycles. The molecule has 1 aliphatic rings. The van der Waals surface area contributed by atoms with E-state index in [1.54, 1.807) is 0 Å². The van der Waals surface area contributed by atoms with E-state index in [9.17, 15) is 0 Å². The van der Waals surface area contributed by atoms with Crippen LogP contribution in [-0.2, 0) is 0 Å². The number of nitrogens with two attached hydrogens (primary N) is 1. The summed E-state index contributed by atoms with van der Waals surface area (Å²) in [4.78, 5) is 2.38. The molecular weight excluding hydrogens is 160 g/mol. The maximum atomic E-state index is 5.73. The van der Waals surface area contributed by atoms with Crippen molar-refractivity contribution >= 4 is 0 Å². The fraction of sp³-hybridized carbons (Fsp3) is 0.818. The van der Waals surface area contributed by atoms with Crippen LogP contribution < -0.4 is 5.73 Å². The second-order valence-electron chi connectivity index (χ2n) is 3.76. The van der Waals surface area contributed by atoms with Gasteiger partial charge in [-0.05, 0) is 31.8 Å². The van der Waals surface area contributed by atoms with E-state index in [-0.39, 0.29) is 0 Å². The van der Waals surface area contributed by atoms with Crippen LogP contribution in [0.15, 0.2) is 0 Å². The molecule has 2 unspecified atom stereocenters. The third-order valence-corrected chi connectivity index (χ3v) is 3.09. The van der Waals surface area contributed by atoms with Crippen molar-refractivity contribution in [2.75, 3.05) is 19.6 Å². The van der Waals surface area contributed by atoms with Gasteiger partial charge >= 0.3 is 0 Å². The molecule has 0 amide bonds. The van der Waals surface area contributed by atoms with E-state index in [0.717, 1.165) is 19.6 Å². The zero-order chi connectivity index (χ0) is 9.68. The predicted molar refractivity (Wildman–Crippen MR) is 56.3 cm³/mol. The van der Waals surface area contributed by atoms with Gasteiger partial charge in [-0.1, -0.05) is 19.3 Å². The first-order valence-corrected chi connectivity index (χ1v) is 5.21. The van der Waals surface area contributed by atoms with Crippen LogP contribution in [0, 0.1) is 18.3 Å². The first kappa shape index (κ1) is 10.6. The van der Waals surface area contributed by atoms with Gasteiger partial charge < -0.3 is 5.73 Å². The zero-order valence-corrected chi connectivity index (χ0v) is 8.50. The van der Waals surface area contributed by atoms with E-state index in [1.165, 1.54) is 19.3 Å². The Hall–Kier alpha value is -0.520. The predicted octanol–water partition coefficient (Wildman–Crippen LogP) is 1.07. The zero-order valence-electron chi connectivity index (χ0n) is 8.50. The third-order valence-electron chi connectivity index (χ3n) is 3.09. The lowest BCUT2D eigenvalue weighted by molar-refractivity contribution is 0.191. The Bertz CT molecular complexity index is 183. The molecule has 2 N–H and O–H groups in total. The quantitative estimate of drug-likeness (QED) is 0.656. The summed E-state index contributed by atoms with van der Waals surface area (Å²) in [7, 11) is 0. The van der Waals surface area contributed by atoms with Crippen LogP contribution in [0.25, 0.3) is 0 Å². The Labute approximate surface area is 81.5 Å². The molecule has 13 heavy (non-hydrogen) atoms. The number of hydrogen-bond donors (Lipinski definition) is 1. The highest BCUT2D eigenvalue weighted by Crippen LogP contribution is 2.28. The molecule has 74 valence electrons. The summed E-state index contributed by atoms with van der Waals surface area (Å²) >= 11 is 0. The van der Waals surface area contributed by atoms with E-state index >= 15 is 0 Å². The molecular formula is C11H20N2. The van der Waals surface area contributed by atoms with E-state index in [0.29, 0.717) is 12.0 Å². The molecule has 0 heterocycles. The Kier molecular flexibility index (Phi) is 4.27. The van der Waals surface area contributed by atoms with Crippen molar-refractivity contribution in [1.29, 1.82) is 0 Å². The summed E-state index contributed by atoms with van der Waals surface area (Å²) in [6.07, 6.45) is 9.20. The molecule has 2 heteroatoms. The fourth-order valence-corrected chi connectivity index (χ4v) is 2.35. The van der Waals surface area contributed by atoms with Crippen LogP contribution in [0.5, 0.6) is 0 Å². The second-order valence-corrected chi connectivity index (χ2v) is 3.76. The van der Waals surface area contributed by atoms with Gasteiger partial charge in [-0.3, -0.25) is 4.90 Å². The molecule has 0 aromatic rings. The fourth-order valence-electron chi connectivity index (χ4n) is 2.35. The Morgan fingerprint density at radius 2 is 2.31 bits per heavy atom. The summed E-state index contributed by atoms with van der Waals surface area (Å²) in [6, 6.07) is 0.644. The second kappa shape index (κ2) is 5.26. The molecule has 1 aliphatic carbocycles. The minimum atomic E-state index is 0.644. The van der Waals surface area contributed by atoms with Crippen LogP contribution in [0.1, 0.15) is 26.2 Å².